The third-order valence-electron chi connectivity index (χ3n) is 1.57. The number of nitrogens with zero attached hydrogens (tertiary/aromatic N) is 2. The number of guanidine groups is 2. The van der Waals surface area contributed by atoms with Crippen LogP contribution in [-0.4, -0.2) is 42.6 Å². The van der Waals surface area contributed by atoms with E-state index in [9.17, 15) is 0 Å². The molecule has 0 radical (unpaired) electrons. The number of hydrogen-bond acceptors (Lipinski definition) is 3. The van der Waals surface area contributed by atoms with Gasteiger partial charge in [-0.3, -0.25) is 20.6 Å². The zero-order chi connectivity index (χ0) is 10.4. The van der Waals surface area contributed by atoms with Crippen molar-refractivity contribution in [3.63, 3.8) is 0 Å². The molecule has 0 rings (SSSR count). The quantitative estimate of drug-likeness (QED) is 0.330. The molecule has 76 valence electrons. The minimum Gasteiger partial charge on any atom is -0.370 e. The summed E-state index contributed by atoms with van der Waals surface area (Å²) < 4.78 is 0. The van der Waals surface area contributed by atoms with Crippen LogP contribution in [0.25, 0.3) is 0 Å². The van der Waals surface area contributed by atoms with E-state index in [1.54, 1.807) is 7.05 Å². The number of nitrogens with one attached hydrogen (secondary N) is 2. The van der Waals surface area contributed by atoms with Crippen LogP contribution in [0.1, 0.15) is 13.3 Å². The van der Waals surface area contributed by atoms with Crippen molar-refractivity contribution in [2.75, 3.05) is 20.7 Å². The van der Waals surface area contributed by atoms with Gasteiger partial charge in [0.25, 0.3) is 0 Å². The molecule has 0 aliphatic carbocycles. The summed E-state index contributed by atoms with van der Waals surface area (Å²) in [4.78, 5) is 6.17. The molecule has 13 heavy (non-hydrogen) atoms. The Balaban J connectivity index is 4.36. The fourth-order valence-corrected chi connectivity index (χ4v) is 0.821. The van der Waals surface area contributed by atoms with E-state index in [-0.39, 0.29) is 11.9 Å². The van der Waals surface area contributed by atoms with Gasteiger partial charge in [-0.25, -0.2) is 5.06 Å². The van der Waals surface area contributed by atoms with Gasteiger partial charge in [0.1, 0.15) is 0 Å². The Morgan fingerprint density at radius 2 is 2.00 bits per heavy atom. The molecule has 6 heteroatoms. The zero-order valence-electron chi connectivity index (χ0n) is 8.29. The Bertz CT molecular complexity index is 193. The van der Waals surface area contributed by atoms with Crippen molar-refractivity contribution in [1.82, 2.24) is 9.96 Å². The average Bonchev–Trinajstić information content (AvgIpc) is 2.11. The summed E-state index contributed by atoms with van der Waals surface area (Å²) in [6, 6.07) is 0. The predicted molar refractivity (Wildman–Crippen MR) is 51.4 cm³/mol. The first-order valence-electron chi connectivity index (χ1n) is 4.02. The summed E-state index contributed by atoms with van der Waals surface area (Å²) in [6.45, 7) is 2.50. The summed E-state index contributed by atoms with van der Waals surface area (Å²) in [6.07, 6.45) is 0.819. The lowest BCUT2D eigenvalue weighted by atomic mass is 10.4. The maximum absolute atomic E-state index is 7.59. The van der Waals surface area contributed by atoms with Gasteiger partial charge in [-0.2, -0.15) is 0 Å². The van der Waals surface area contributed by atoms with E-state index in [2.05, 4.69) is 0 Å². The van der Waals surface area contributed by atoms with Crippen LogP contribution in [0.15, 0.2) is 0 Å². The van der Waals surface area contributed by atoms with E-state index >= 15 is 0 Å². The van der Waals surface area contributed by atoms with Gasteiger partial charge in [0.15, 0.2) is 5.96 Å². The highest BCUT2D eigenvalue weighted by atomic mass is 16.7. The Kier molecular flexibility index (Phi) is 4.83. The van der Waals surface area contributed by atoms with Crippen molar-refractivity contribution in [1.29, 1.82) is 10.8 Å². The Morgan fingerprint density at radius 3 is 2.31 bits per heavy atom. The van der Waals surface area contributed by atoms with E-state index in [1.165, 1.54) is 17.1 Å². The van der Waals surface area contributed by atoms with Gasteiger partial charge in [-0.1, -0.05) is 6.92 Å². The van der Waals surface area contributed by atoms with E-state index < -0.39 is 0 Å². The highest BCUT2D eigenvalue weighted by Crippen LogP contribution is 1.96. The van der Waals surface area contributed by atoms with Gasteiger partial charge in [-0.15, -0.1) is 0 Å². The van der Waals surface area contributed by atoms with Crippen LogP contribution < -0.4 is 5.73 Å². The van der Waals surface area contributed by atoms with Crippen LogP contribution in [-0.2, 0) is 4.84 Å². The van der Waals surface area contributed by atoms with Crippen LogP contribution in [0.2, 0.25) is 0 Å². The number of hydroxylamine groups is 2. The topological polar surface area (TPSA) is 89.4 Å². The van der Waals surface area contributed by atoms with E-state index in [0.29, 0.717) is 6.54 Å². The molecule has 0 fully saturated rings. The van der Waals surface area contributed by atoms with Crippen LogP contribution in [0.4, 0.5) is 0 Å². The molecule has 0 spiro atoms. The predicted octanol–water partition coefficient (Wildman–Crippen LogP) is 0.0198. The molecule has 0 atom stereocenters. The fraction of sp³-hybridized carbons (Fsp3) is 0.714. The van der Waals surface area contributed by atoms with Crippen molar-refractivity contribution in [3.8, 4) is 0 Å². The minimum atomic E-state index is -0.143. The molecule has 6 nitrogen and oxygen atoms in total. The summed E-state index contributed by atoms with van der Waals surface area (Å²) >= 11 is 0. The van der Waals surface area contributed by atoms with Gasteiger partial charge in [0, 0.05) is 13.6 Å². The smallest absolute Gasteiger partial charge is 0.224 e. The second kappa shape index (κ2) is 5.36. The molecule has 0 heterocycles. The molecule has 0 unspecified atom stereocenters. The van der Waals surface area contributed by atoms with Crippen LogP contribution in [0.3, 0.4) is 0 Å². The van der Waals surface area contributed by atoms with Crippen LogP contribution >= 0.6 is 0 Å². The maximum Gasteiger partial charge on any atom is 0.224 e. The molecule has 0 amide bonds. The van der Waals surface area contributed by atoms with E-state index in [1.807, 2.05) is 6.92 Å². The van der Waals surface area contributed by atoms with Gasteiger partial charge in [0.2, 0.25) is 5.96 Å². The van der Waals surface area contributed by atoms with Crippen molar-refractivity contribution in [2.45, 2.75) is 13.3 Å². The molecular formula is C7H17N5O. The number of hydrogen-bond donors (Lipinski definition) is 3. The standard InChI is InChI=1S/C7H17N5O/c1-4-5-12(6(8)9)7(10)11(2)13-3/h10H,4-5H2,1-3H3,(H3,8,9). The molecule has 0 aliphatic heterocycles. The molecule has 0 saturated carbocycles. The lowest BCUT2D eigenvalue weighted by molar-refractivity contribution is -0.0508. The normalized spacial score (nSPS) is 9.46. The monoisotopic (exact) mass is 187 g/mol. The molecule has 0 saturated heterocycles. The van der Waals surface area contributed by atoms with Gasteiger partial charge < -0.3 is 5.73 Å². The Morgan fingerprint density at radius 1 is 1.46 bits per heavy atom. The van der Waals surface area contributed by atoms with E-state index in [4.69, 9.17) is 21.4 Å². The number of rotatable bonds is 3. The minimum absolute atomic E-state index is 0.0665. The van der Waals surface area contributed by atoms with Gasteiger partial charge >= 0.3 is 0 Å². The second-order valence-corrected chi connectivity index (χ2v) is 2.54. The van der Waals surface area contributed by atoms with Gasteiger partial charge in [0.05, 0.1) is 7.11 Å². The maximum atomic E-state index is 7.59. The van der Waals surface area contributed by atoms with Crippen LogP contribution in [0, 0.1) is 10.8 Å². The fourth-order valence-electron chi connectivity index (χ4n) is 0.821. The van der Waals surface area contributed by atoms with Crippen molar-refractivity contribution in [2.24, 2.45) is 5.73 Å². The SMILES string of the molecule is CCCN(C(=N)N)C(=N)N(C)OC. The summed E-state index contributed by atoms with van der Waals surface area (Å²) in [5.74, 6) is -0.0763. The van der Waals surface area contributed by atoms with Crippen molar-refractivity contribution in [3.05, 3.63) is 0 Å². The summed E-state index contributed by atoms with van der Waals surface area (Å²) in [5.41, 5.74) is 5.30. The average molecular weight is 187 g/mol. The molecule has 0 bridgehead atoms. The first-order chi connectivity index (χ1) is 6.04. The molecule has 4 N–H and O–H groups in total. The first kappa shape index (κ1) is 11.7. The Hall–Kier alpha value is -1.30. The van der Waals surface area contributed by atoms with Gasteiger partial charge in [-0.05, 0) is 6.42 Å². The highest BCUT2D eigenvalue weighted by Gasteiger charge is 2.15. The molecule has 0 aliphatic rings. The first-order valence-corrected chi connectivity index (χ1v) is 4.02. The third-order valence-corrected chi connectivity index (χ3v) is 1.57. The molecular weight excluding hydrogens is 170 g/mol. The third kappa shape index (κ3) is 3.29. The highest BCUT2D eigenvalue weighted by molar-refractivity contribution is 5.94. The van der Waals surface area contributed by atoms with Crippen molar-refractivity contribution < 1.29 is 4.84 Å². The van der Waals surface area contributed by atoms with Crippen molar-refractivity contribution >= 4 is 11.9 Å². The van der Waals surface area contributed by atoms with E-state index in [0.717, 1.165) is 6.42 Å². The summed E-state index contributed by atoms with van der Waals surface area (Å²) in [5, 5.41) is 16.1. The second-order valence-electron chi connectivity index (χ2n) is 2.54. The lowest BCUT2D eigenvalue weighted by Gasteiger charge is -2.27. The Labute approximate surface area is 78.2 Å². The summed E-state index contributed by atoms with van der Waals surface area (Å²) in [7, 11) is 3.05. The molecule has 0 aromatic heterocycles. The molecule has 0 aromatic rings. The zero-order valence-corrected chi connectivity index (χ0v) is 8.29. The largest absolute Gasteiger partial charge is 0.370 e. The lowest BCUT2D eigenvalue weighted by Crippen LogP contribution is -2.48. The van der Waals surface area contributed by atoms with Crippen LogP contribution in [0.5, 0.6) is 0 Å². The number of nitrogens with two attached hydrogens (primary N) is 1. The molecule has 0 aromatic carbocycles.